The van der Waals surface area contributed by atoms with Gasteiger partial charge in [0.05, 0.1) is 5.92 Å². The van der Waals surface area contributed by atoms with E-state index in [1.807, 2.05) is 4.90 Å². The molecule has 0 amide bonds. The molecular weight excluding hydrogens is 404 g/mol. The van der Waals surface area contributed by atoms with E-state index in [4.69, 9.17) is 9.94 Å². The summed E-state index contributed by atoms with van der Waals surface area (Å²) in [6, 6.07) is 5.27. The van der Waals surface area contributed by atoms with Crippen LogP contribution in [0.25, 0.3) is 0 Å². The summed E-state index contributed by atoms with van der Waals surface area (Å²) in [6.45, 7) is 1.55. The van der Waals surface area contributed by atoms with Crippen LogP contribution in [0.2, 0.25) is 0 Å². The van der Waals surface area contributed by atoms with Gasteiger partial charge in [-0.25, -0.2) is 17.6 Å². The number of piperidine rings is 1. The lowest BCUT2D eigenvalue weighted by Crippen LogP contribution is -2.40. The van der Waals surface area contributed by atoms with Crippen LogP contribution in [0.15, 0.2) is 41.6 Å². The van der Waals surface area contributed by atoms with Crippen molar-refractivity contribution in [3.05, 3.63) is 70.8 Å². The third-order valence-corrected chi connectivity index (χ3v) is 4.78. The van der Waals surface area contributed by atoms with Gasteiger partial charge in [-0.2, -0.15) is 0 Å². The highest BCUT2D eigenvalue weighted by Crippen LogP contribution is 2.18. The van der Waals surface area contributed by atoms with Gasteiger partial charge in [0.1, 0.15) is 35.6 Å². The Morgan fingerprint density at radius 2 is 1.53 bits per heavy atom. The van der Waals surface area contributed by atoms with Gasteiger partial charge in [0.2, 0.25) is 0 Å². The van der Waals surface area contributed by atoms with Crippen molar-refractivity contribution in [2.45, 2.75) is 12.8 Å². The zero-order valence-corrected chi connectivity index (χ0v) is 16.0. The monoisotopic (exact) mass is 424 g/mol. The van der Waals surface area contributed by atoms with Crippen LogP contribution in [0.5, 0.6) is 0 Å². The van der Waals surface area contributed by atoms with E-state index in [1.54, 1.807) is 0 Å². The Morgan fingerprint density at radius 3 is 2.03 bits per heavy atom. The van der Waals surface area contributed by atoms with Gasteiger partial charge in [-0.05, 0) is 43.7 Å². The van der Waals surface area contributed by atoms with Crippen LogP contribution in [0, 0.1) is 29.2 Å². The zero-order valence-electron chi connectivity index (χ0n) is 16.0. The predicted octanol–water partition coefficient (Wildman–Crippen LogP) is 3.81. The number of rotatable bonds is 7. The SMILES string of the molecule is O=C(O)C1CCCN(CCON=C(c2cc(F)cc(F)c2)c2cc(F)cc(F)c2)C1. The average Bonchev–Trinajstić information content (AvgIpc) is 2.66. The summed E-state index contributed by atoms with van der Waals surface area (Å²) < 4.78 is 54.6. The molecule has 1 aliphatic heterocycles. The van der Waals surface area contributed by atoms with Gasteiger partial charge in [0.25, 0.3) is 0 Å². The lowest BCUT2D eigenvalue weighted by atomic mass is 9.98. The zero-order chi connectivity index (χ0) is 21.7. The fourth-order valence-corrected chi connectivity index (χ4v) is 3.39. The first-order valence-electron chi connectivity index (χ1n) is 9.40. The number of carboxylic acid groups (broad SMARTS) is 1. The summed E-state index contributed by atoms with van der Waals surface area (Å²) in [5.41, 5.74) is -0.211. The van der Waals surface area contributed by atoms with Crippen LogP contribution in [-0.2, 0) is 9.63 Å². The van der Waals surface area contributed by atoms with Gasteiger partial charge < -0.3 is 9.94 Å². The number of nitrogens with zero attached hydrogens (tertiary/aromatic N) is 2. The van der Waals surface area contributed by atoms with Crippen molar-refractivity contribution < 1.29 is 32.3 Å². The van der Waals surface area contributed by atoms with Crippen molar-refractivity contribution in [2.75, 3.05) is 26.2 Å². The molecule has 160 valence electrons. The van der Waals surface area contributed by atoms with Crippen molar-refractivity contribution in [1.29, 1.82) is 0 Å². The van der Waals surface area contributed by atoms with E-state index < -0.39 is 35.2 Å². The van der Waals surface area contributed by atoms with E-state index in [0.717, 1.165) is 30.7 Å². The van der Waals surface area contributed by atoms with E-state index in [9.17, 15) is 22.4 Å². The summed E-state index contributed by atoms with van der Waals surface area (Å²) in [5, 5.41) is 13.0. The molecule has 1 fully saturated rings. The molecule has 2 aromatic carbocycles. The van der Waals surface area contributed by atoms with Gasteiger partial charge in [0, 0.05) is 36.3 Å². The van der Waals surface area contributed by atoms with Crippen molar-refractivity contribution in [2.24, 2.45) is 11.1 Å². The Bertz CT molecular complexity index is 858. The number of carboxylic acids is 1. The highest BCUT2D eigenvalue weighted by atomic mass is 19.1. The molecule has 1 heterocycles. The van der Waals surface area contributed by atoms with Crippen LogP contribution in [-0.4, -0.2) is 47.9 Å². The summed E-state index contributed by atoms with van der Waals surface area (Å²) in [7, 11) is 0. The van der Waals surface area contributed by atoms with Gasteiger partial charge >= 0.3 is 5.97 Å². The molecule has 0 spiro atoms. The number of carbonyl (C=O) groups is 1. The number of oxime groups is 1. The lowest BCUT2D eigenvalue weighted by Gasteiger charge is -2.29. The van der Waals surface area contributed by atoms with E-state index in [1.165, 1.54) is 0 Å². The number of aliphatic carboxylic acids is 1. The fraction of sp³-hybridized carbons (Fsp3) is 0.333. The van der Waals surface area contributed by atoms with Crippen LogP contribution in [0.4, 0.5) is 17.6 Å². The minimum absolute atomic E-state index is 0.0404. The largest absolute Gasteiger partial charge is 0.481 e. The Balaban J connectivity index is 1.76. The van der Waals surface area contributed by atoms with Crippen LogP contribution in [0.3, 0.4) is 0 Å². The number of halogens is 4. The molecule has 30 heavy (non-hydrogen) atoms. The fourth-order valence-electron chi connectivity index (χ4n) is 3.39. The minimum Gasteiger partial charge on any atom is -0.481 e. The molecule has 3 rings (SSSR count). The molecule has 1 atom stereocenters. The molecule has 2 aromatic rings. The Hall–Kier alpha value is -2.94. The molecular formula is C21H20F4N2O3. The van der Waals surface area contributed by atoms with Crippen LogP contribution in [0.1, 0.15) is 24.0 Å². The second kappa shape index (κ2) is 9.71. The Labute approximate surface area is 170 Å². The Morgan fingerprint density at radius 1 is 1.00 bits per heavy atom. The summed E-state index contributed by atoms with van der Waals surface area (Å²) in [5.74, 6) is -4.78. The molecule has 5 nitrogen and oxygen atoms in total. The molecule has 1 saturated heterocycles. The maximum atomic E-state index is 13.7. The first kappa shape index (κ1) is 21.8. The van der Waals surface area contributed by atoms with E-state index in [-0.39, 0.29) is 23.4 Å². The molecule has 0 aliphatic carbocycles. The molecule has 1 aliphatic rings. The van der Waals surface area contributed by atoms with E-state index in [0.29, 0.717) is 38.2 Å². The maximum absolute atomic E-state index is 13.7. The molecule has 9 heteroatoms. The number of likely N-dealkylation sites (tertiary alicyclic amines) is 1. The first-order chi connectivity index (χ1) is 14.3. The number of hydrogen-bond donors (Lipinski definition) is 1. The topological polar surface area (TPSA) is 62.1 Å². The van der Waals surface area contributed by atoms with Crippen molar-refractivity contribution in [3.8, 4) is 0 Å². The maximum Gasteiger partial charge on any atom is 0.307 e. The standard InChI is InChI=1S/C21H20F4N2O3/c22-16-6-14(7-17(23)10-16)20(15-8-18(24)11-19(25)9-15)26-30-5-4-27-3-1-2-13(12-27)21(28)29/h6-11,13H,1-5,12H2,(H,28,29). The highest BCUT2D eigenvalue weighted by Gasteiger charge is 2.25. The highest BCUT2D eigenvalue weighted by molar-refractivity contribution is 6.12. The first-order valence-corrected chi connectivity index (χ1v) is 9.40. The summed E-state index contributed by atoms with van der Waals surface area (Å²) in [6.07, 6.45) is 1.36. The van der Waals surface area contributed by atoms with Crippen LogP contribution >= 0.6 is 0 Å². The Kier molecular flexibility index (Phi) is 7.04. The van der Waals surface area contributed by atoms with E-state index in [2.05, 4.69) is 5.16 Å². The van der Waals surface area contributed by atoms with Gasteiger partial charge in [-0.15, -0.1) is 0 Å². The predicted molar refractivity (Wildman–Crippen MR) is 101 cm³/mol. The van der Waals surface area contributed by atoms with Crippen molar-refractivity contribution in [1.82, 2.24) is 4.90 Å². The second-order valence-corrected chi connectivity index (χ2v) is 7.07. The third kappa shape index (κ3) is 5.79. The smallest absolute Gasteiger partial charge is 0.307 e. The van der Waals surface area contributed by atoms with Crippen molar-refractivity contribution >= 4 is 11.7 Å². The summed E-state index contributed by atoms with van der Waals surface area (Å²) >= 11 is 0. The number of hydrogen-bond acceptors (Lipinski definition) is 4. The van der Waals surface area contributed by atoms with Crippen molar-refractivity contribution in [3.63, 3.8) is 0 Å². The molecule has 0 bridgehead atoms. The quantitative estimate of drug-likeness (QED) is 0.318. The van der Waals surface area contributed by atoms with Gasteiger partial charge in [-0.3, -0.25) is 9.69 Å². The van der Waals surface area contributed by atoms with Gasteiger partial charge in [0.15, 0.2) is 0 Å². The molecule has 0 aromatic heterocycles. The van der Waals surface area contributed by atoms with Crippen LogP contribution < -0.4 is 0 Å². The lowest BCUT2D eigenvalue weighted by molar-refractivity contribution is -0.143. The summed E-state index contributed by atoms with van der Waals surface area (Å²) in [4.78, 5) is 18.3. The third-order valence-electron chi connectivity index (χ3n) is 4.78. The average molecular weight is 424 g/mol. The van der Waals surface area contributed by atoms with Gasteiger partial charge in [-0.1, -0.05) is 5.16 Å². The number of benzene rings is 2. The minimum atomic E-state index is -0.873. The molecule has 0 saturated carbocycles. The molecule has 1 N–H and O–H groups in total. The normalized spacial score (nSPS) is 16.9. The van der Waals surface area contributed by atoms with E-state index >= 15 is 0 Å². The molecule has 1 unspecified atom stereocenters. The molecule has 0 radical (unpaired) electrons. The second-order valence-electron chi connectivity index (χ2n) is 7.07.